The summed E-state index contributed by atoms with van der Waals surface area (Å²) in [7, 11) is 0. The van der Waals surface area contributed by atoms with Gasteiger partial charge in [0.15, 0.2) is 11.6 Å². The number of carbonyl (C=O) groups is 1. The first kappa shape index (κ1) is 19.1. The van der Waals surface area contributed by atoms with E-state index in [4.69, 9.17) is 0 Å². The van der Waals surface area contributed by atoms with E-state index in [0.29, 0.717) is 11.5 Å². The highest BCUT2D eigenvalue weighted by molar-refractivity contribution is 5.92. The van der Waals surface area contributed by atoms with Crippen LogP contribution in [0.25, 0.3) is 0 Å². The molecule has 0 aliphatic rings. The number of rotatable bonds is 7. The normalized spacial score (nSPS) is 13.3. The van der Waals surface area contributed by atoms with Crippen LogP contribution in [0.5, 0.6) is 0 Å². The minimum absolute atomic E-state index is 0.0767. The van der Waals surface area contributed by atoms with Gasteiger partial charge >= 0.3 is 0 Å². The van der Waals surface area contributed by atoms with Gasteiger partial charge in [0.1, 0.15) is 0 Å². The lowest BCUT2D eigenvalue weighted by molar-refractivity contribution is -0.115. The Kier molecular flexibility index (Phi) is 6.65. The first-order chi connectivity index (χ1) is 11.9. The number of benzene rings is 2. The maximum absolute atomic E-state index is 13.3. The Hall–Kier alpha value is -2.27. The SMILES string of the molecule is CC[C@@H](C)c1ccc(NC(=O)CN[C@H](C)c2ccc(F)c(F)c2)cc1. The molecule has 2 aromatic rings. The number of hydrogen-bond donors (Lipinski definition) is 2. The molecule has 0 saturated heterocycles. The molecule has 0 radical (unpaired) electrons. The Balaban J connectivity index is 1.86. The zero-order valence-electron chi connectivity index (χ0n) is 14.8. The van der Waals surface area contributed by atoms with Crippen molar-refractivity contribution in [3.05, 3.63) is 65.2 Å². The van der Waals surface area contributed by atoms with E-state index in [2.05, 4.69) is 24.5 Å². The van der Waals surface area contributed by atoms with Gasteiger partial charge in [0, 0.05) is 11.7 Å². The fourth-order valence-electron chi connectivity index (χ4n) is 2.48. The quantitative estimate of drug-likeness (QED) is 0.758. The summed E-state index contributed by atoms with van der Waals surface area (Å²) in [6.07, 6.45) is 1.07. The van der Waals surface area contributed by atoms with Gasteiger partial charge in [-0.05, 0) is 54.7 Å². The topological polar surface area (TPSA) is 41.1 Å². The van der Waals surface area contributed by atoms with Gasteiger partial charge in [-0.3, -0.25) is 4.79 Å². The molecule has 2 aromatic carbocycles. The van der Waals surface area contributed by atoms with Crippen molar-refractivity contribution in [2.24, 2.45) is 0 Å². The van der Waals surface area contributed by atoms with Gasteiger partial charge < -0.3 is 10.6 Å². The number of carbonyl (C=O) groups excluding carboxylic acids is 1. The number of nitrogens with one attached hydrogen (secondary N) is 2. The molecule has 1 amide bonds. The molecule has 0 aromatic heterocycles. The van der Waals surface area contributed by atoms with E-state index in [-0.39, 0.29) is 18.5 Å². The Morgan fingerprint density at radius 1 is 1.00 bits per heavy atom. The van der Waals surface area contributed by atoms with Crippen LogP contribution in [0.15, 0.2) is 42.5 Å². The summed E-state index contributed by atoms with van der Waals surface area (Å²) >= 11 is 0. The molecule has 2 rings (SSSR count). The highest BCUT2D eigenvalue weighted by Crippen LogP contribution is 2.20. The highest BCUT2D eigenvalue weighted by atomic mass is 19.2. The van der Waals surface area contributed by atoms with E-state index in [0.717, 1.165) is 24.2 Å². The average Bonchev–Trinajstić information content (AvgIpc) is 2.62. The minimum atomic E-state index is -0.892. The number of anilines is 1. The van der Waals surface area contributed by atoms with Gasteiger partial charge in [-0.15, -0.1) is 0 Å². The molecule has 0 heterocycles. The predicted octanol–water partition coefficient (Wildman–Crippen LogP) is 4.77. The summed E-state index contributed by atoms with van der Waals surface area (Å²) in [5, 5.41) is 5.82. The molecule has 0 aliphatic carbocycles. The first-order valence-electron chi connectivity index (χ1n) is 8.48. The van der Waals surface area contributed by atoms with Crippen LogP contribution < -0.4 is 10.6 Å². The van der Waals surface area contributed by atoms with Gasteiger partial charge in [0.25, 0.3) is 0 Å². The molecule has 0 aliphatic heterocycles. The van der Waals surface area contributed by atoms with Crippen LogP contribution in [-0.4, -0.2) is 12.5 Å². The average molecular weight is 346 g/mol. The maximum Gasteiger partial charge on any atom is 0.238 e. The number of halogens is 2. The molecule has 0 fully saturated rings. The van der Waals surface area contributed by atoms with Crippen LogP contribution >= 0.6 is 0 Å². The molecule has 0 unspecified atom stereocenters. The monoisotopic (exact) mass is 346 g/mol. The van der Waals surface area contributed by atoms with Crippen LogP contribution in [0.4, 0.5) is 14.5 Å². The van der Waals surface area contributed by atoms with Crippen molar-refractivity contribution < 1.29 is 13.6 Å². The van der Waals surface area contributed by atoms with Crippen molar-refractivity contribution in [3.8, 4) is 0 Å². The lowest BCUT2D eigenvalue weighted by Gasteiger charge is -2.15. The lowest BCUT2D eigenvalue weighted by atomic mass is 9.99. The lowest BCUT2D eigenvalue weighted by Crippen LogP contribution is -2.30. The molecule has 3 nitrogen and oxygen atoms in total. The molecule has 0 spiro atoms. The smallest absolute Gasteiger partial charge is 0.238 e. The van der Waals surface area contributed by atoms with Crippen molar-refractivity contribution >= 4 is 11.6 Å². The first-order valence-corrected chi connectivity index (χ1v) is 8.48. The van der Waals surface area contributed by atoms with Crippen molar-refractivity contribution in [1.29, 1.82) is 0 Å². The van der Waals surface area contributed by atoms with E-state index in [1.807, 2.05) is 24.3 Å². The summed E-state index contributed by atoms with van der Waals surface area (Å²) in [4.78, 5) is 12.0. The van der Waals surface area contributed by atoms with E-state index in [1.165, 1.54) is 11.6 Å². The number of hydrogen-bond acceptors (Lipinski definition) is 2. The van der Waals surface area contributed by atoms with Gasteiger partial charge in [-0.2, -0.15) is 0 Å². The second-order valence-electron chi connectivity index (χ2n) is 6.26. The molecular formula is C20H24F2N2O. The highest BCUT2D eigenvalue weighted by Gasteiger charge is 2.11. The fraction of sp³-hybridized carbons (Fsp3) is 0.350. The Bertz CT molecular complexity index is 716. The summed E-state index contributed by atoms with van der Waals surface area (Å²) in [5.41, 5.74) is 2.56. The Morgan fingerprint density at radius 3 is 2.24 bits per heavy atom. The van der Waals surface area contributed by atoms with E-state index < -0.39 is 11.6 Å². The zero-order chi connectivity index (χ0) is 18.4. The van der Waals surface area contributed by atoms with E-state index >= 15 is 0 Å². The predicted molar refractivity (Wildman–Crippen MR) is 96.6 cm³/mol. The van der Waals surface area contributed by atoms with Crippen molar-refractivity contribution in [1.82, 2.24) is 5.32 Å². The molecular weight excluding hydrogens is 322 g/mol. The fourth-order valence-corrected chi connectivity index (χ4v) is 2.48. The second kappa shape index (κ2) is 8.72. The molecule has 0 saturated carbocycles. The number of amides is 1. The molecule has 2 atom stereocenters. The summed E-state index contributed by atoms with van der Waals surface area (Å²) in [6, 6.07) is 11.3. The van der Waals surface area contributed by atoms with Crippen molar-refractivity contribution in [2.45, 2.75) is 39.2 Å². The van der Waals surface area contributed by atoms with Gasteiger partial charge in [-0.1, -0.05) is 32.0 Å². The van der Waals surface area contributed by atoms with Gasteiger partial charge in [0.2, 0.25) is 5.91 Å². The summed E-state index contributed by atoms with van der Waals surface area (Å²) < 4.78 is 26.2. The Labute approximate surface area is 147 Å². The van der Waals surface area contributed by atoms with Gasteiger partial charge in [-0.25, -0.2) is 8.78 Å². The molecule has 25 heavy (non-hydrogen) atoms. The third-order valence-corrected chi connectivity index (χ3v) is 4.39. The van der Waals surface area contributed by atoms with E-state index in [1.54, 1.807) is 6.92 Å². The summed E-state index contributed by atoms with van der Waals surface area (Å²) in [5.74, 6) is -1.47. The largest absolute Gasteiger partial charge is 0.325 e. The molecule has 134 valence electrons. The molecule has 0 bridgehead atoms. The van der Waals surface area contributed by atoms with Crippen LogP contribution in [0, 0.1) is 11.6 Å². The van der Waals surface area contributed by atoms with Crippen LogP contribution in [-0.2, 0) is 4.79 Å². The van der Waals surface area contributed by atoms with Gasteiger partial charge in [0.05, 0.1) is 6.54 Å². The van der Waals surface area contributed by atoms with Crippen LogP contribution in [0.3, 0.4) is 0 Å². The van der Waals surface area contributed by atoms with Crippen molar-refractivity contribution in [3.63, 3.8) is 0 Å². The zero-order valence-corrected chi connectivity index (χ0v) is 14.8. The third-order valence-electron chi connectivity index (χ3n) is 4.39. The molecule has 5 heteroatoms. The van der Waals surface area contributed by atoms with Crippen molar-refractivity contribution in [2.75, 3.05) is 11.9 Å². The second-order valence-corrected chi connectivity index (χ2v) is 6.26. The minimum Gasteiger partial charge on any atom is -0.325 e. The van der Waals surface area contributed by atoms with Crippen LogP contribution in [0.1, 0.15) is 50.3 Å². The van der Waals surface area contributed by atoms with E-state index in [9.17, 15) is 13.6 Å². The maximum atomic E-state index is 13.3. The third kappa shape index (κ3) is 5.36. The summed E-state index contributed by atoms with van der Waals surface area (Å²) in [6.45, 7) is 6.17. The Morgan fingerprint density at radius 2 is 1.64 bits per heavy atom. The van der Waals surface area contributed by atoms with Crippen LogP contribution in [0.2, 0.25) is 0 Å². The standard InChI is InChI=1S/C20H24F2N2O/c1-4-13(2)15-5-8-17(9-6-15)24-20(25)12-23-14(3)16-7-10-18(21)19(22)11-16/h5-11,13-14,23H,4,12H2,1-3H3,(H,24,25)/t13-,14-/m1/s1. The molecule has 2 N–H and O–H groups in total.